The first-order valence-corrected chi connectivity index (χ1v) is 5.60. The van der Waals surface area contributed by atoms with Gasteiger partial charge in [-0.15, -0.1) is 0 Å². The third-order valence-corrected chi connectivity index (χ3v) is 3.94. The van der Waals surface area contributed by atoms with Crippen LogP contribution >= 0.6 is 0 Å². The van der Waals surface area contributed by atoms with Gasteiger partial charge in [0.2, 0.25) is 0 Å². The van der Waals surface area contributed by atoms with Crippen LogP contribution in [-0.2, 0) is 4.74 Å². The molecule has 1 aliphatic carbocycles. The first-order chi connectivity index (χ1) is 6.56. The molecule has 78 valence electrons. The SMILES string of the molecule is CC1=CC[C@@H](C)[C@H](C)[C@]12C=C[C@@H](C)O2. The normalized spacial score (nSPS) is 47.1. The Morgan fingerprint density at radius 1 is 1.36 bits per heavy atom. The first-order valence-electron chi connectivity index (χ1n) is 5.60. The van der Waals surface area contributed by atoms with E-state index in [-0.39, 0.29) is 11.7 Å². The fourth-order valence-electron chi connectivity index (χ4n) is 2.66. The van der Waals surface area contributed by atoms with Gasteiger partial charge in [-0.1, -0.05) is 26.0 Å². The van der Waals surface area contributed by atoms with Gasteiger partial charge < -0.3 is 4.74 Å². The van der Waals surface area contributed by atoms with Crippen LogP contribution in [0.3, 0.4) is 0 Å². The van der Waals surface area contributed by atoms with Gasteiger partial charge in [0.25, 0.3) is 0 Å². The van der Waals surface area contributed by atoms with Crippen molar-refractivity contribution in [1.29, 1.82) is 0 Å². The van der Waals surface area contributed by atoms with E-state index in [1.165, 1.54) is 12.0 Å². The molecule has 0 N–H and O–H groups in total. The molecule has 4 atom stereocenters. The number of rotatable bonds is 0. The molecule has 1 nitrogen and oxygen atoms in total. The summed E-state index contributed by atoms with van der Waals surface area (Å²) < 4.78 is 6.11. The van der Waals surface area contributed by atoms with Crippen molar-refractivity contribution in [2.75, 3.05) is 0 Å². The highest BCUT2D eigenvalue weighted by Crippen LogP contribution is 2.44. The average molecular weight is 192 g/mol. The van der Waals surface area contributed by atoms with Crippen LogP contribution in [0.15, 0.2) is 23.8 Å². The maximum atomic E-state index is 6.11. The van der Waals surface area contributed by atoms with Crippen LogP contribution in [0.4, 0.5) is 0 Å². The van der Waals surface area contributed by atoms with E-state index < -0.39 is 0 Å². The smallest absolute Gasteiger partial charge is 0.111 e. The third kappa shape index (κ3) is 1.26. The minimum absolute atomic E-state index is 0.0862. The van der Waals surface area contributed by atoms with E-state index >= 15 is 0 Å². The molecule has 0 amide bonds. The molecule has 14 heavy (non-hydrogen) atoms. The molecule has 0 unspecified atom stereocenters. The number of allylic oxidation sites excluding steroid dienone is 1. The molecule has 0 aromatic rings. The summed E-state index contributed by atoms with van der Waals surface area (Å²) in [5, 5.41) is 0. The van der Waals surface area contributed by atoms with Crippen molar-refractivity contribution >= 4 is 0 Å². The molecule has 2 aliphatic rings. The lowest BCUT2D eigenvalue weighted by Crippen LogP contribution is -2.43. The average Bonchev–Trinajstić information content (AvgIpc) is 2.54. The van der Waals surface area contributed by atoms with Crippen molar-refractivity contribution in [3.05, 3.63) is 23.8 Å². The van der Waals surface area contributed by atoms with Crippen LogP contribution in [-0.4, -0.2) is 11.7 Å². The van der Waals surface area contributed by atoms with E-state index in [1.54, 1.807) is 0 Å². The molecule has 0 radical (unpaired) electrons. The van der Waals surface area contributed by atoms with Crippen molar-refractivity contribution < 1.29 is 4.74 Å². The summed E-state index contributed by atoms with van der Waals surface area (Å²) in [6, 6.07) is 0. The molecule has 1 heterocycles. The second-order valence-electron chi connectivity index (χ2n) is 4.86. The molecule has 0 bridgehead atoms. The van der Waals surface area contributed by atoms with Crippen molar-refractivity contribution in [2.24, 2.45) is 11.8 Å². The Hall–Kier alpha value is -0.560. The second-order valence-corrected chi connectivity index (χ2v) is 4.86. The third-order valence-electron chi connectivity index (χ3n) is 3.94. The predicted octanol–water partition coefficient (Wildman–Crippen LogP) is 3.32. The number of hydrogen-bond donors (Lipinski definition) is 0. The number of hydrogen-bond acceptors (Lipinski definition) is 1. The Kier molecular flexibility index (Phi) is 2.30. The zero-order valence-electron chi connectivity index (χ0n) is 9.58. The molecule has 0 aromatic heterocycles. The van der Waals surface area contributed by atoms with Gasteiger partial charge in [-0.25, -0.2) is 0 Å². The molecule has 0 aromatic carbocycles. The number of ether oxygens (including phenoxy) is 1. The Labute approximate surface area is 86.8 Å². The first kappa shape index (κ1) is 9.97. The van der Waals surface area contributed by atoms with Gasteiger partial charge in [-0.3, -0.25) is 0 Å². The van der Waals surface area contributed by atoms with Gasteiger partial charge in [-0.2, -0.15) is 0 Å². The Balaban J connectivity index is 2.36. The Morgan fingerprint density at radius 2 is 2.07 bits per heavy atom. The summed E-state index contributed by atoms with van der Waals surface area (Å²) in [5.41, 5.74) is 1.31. The van der Waals surface area contributed by atoms with E-state index in [0.29, 0.717) is 11.8 Å². The topological polar surface area (TPSA) is 9.23 Å². The minimum atomic E-state index is -0.0862. The molecule has 0 saturated carbocycles. The van der Waals surface area contributed by atoms with Crippen molar-refractivity contribution in [2.45, 2.75) is 45.8 Å². The summed E-state index contributed by atoms with van der Waals surface area (Å²) in [7, 11) is 0. The monoisotopic (exact) mass is 192 g/mol. The zero-order valence-corrected chi connectivity index (χ0v) is 9.58. The maximum absolute atomic E-state index is 6.11. The van der Waals surface area contributed by atoms with E-state index in [1.807, 2.05) is 0 Å². The van der Waals surface area contributed by atoms with Crippen LogP contribution in [0.25, 0.3) is 0 Å². The largest absolute Gasteiger partial charge is 0.359 e. The quantitative estimate of drug-likeness (QED) is 0.535. The molecule has 1 aliphatic heterocycles. The van der Waals surface area contributed by atoms with E-state index in [4.69, 9.17) is 4.74 Å². The fourth-order valence-corrected chi connectivity index (χ4v) is 2.66. The lowest BCUT2D eigenvalue weighted by molar-refractivity contribution is -0.0444. The van der Waals surface area contributed by atoms with Crippen molar-refractivity contribution in [3.63, 3.8) is 0 Å². The highest BCUT2D eigenvalue weighted by atomic mass is 16.5. The fraction of sp³-hybridized carbons (Fsp3) is 0.692. The second kappa shape index (κ2) is 3.23. The van der Waals surface area contributed by atoms with E-state index in [9.17, 15) is 0 Å². The van der Waals surface area contributed by atoms with Crippen molar-refractivity contribution in [1.82, 2.24) is 0 Å². The summed E-state index contributed by atoms with van der Waals surface area (Å²) in [6.45, 7) is 8.94. The molecule has 0 fully saturated rings. The van der Waals surface area contributed by atoms with E-state index in [2.05, 4.69) is 45.9 Å². The van der Waals surface area contributed by atoms with Crippen LogP contribution in [0.5, 0.6) is 0 Å². The lowest BCUT2D eigenvalue weighted by Gasteiger charge is -2.42. The van der Waals surface area contributed by atoms with Crippen LogP contribution in [0.1, 0.15) is 34.1 Å². The van der Waals surface area contributed by atoms with Gasteiger partial charge >= 0.3 is 0 Å². The van der Waals surface area contributed by atoms with Crippen LogP contribution in [0, 0.1) is 11.8 Å². The molecule has 0 saturated heterocycles. The van der Waals surface area contributed by atoms with E-state index in [0.717, 1.165) is 0 Å². The van der Waals surface area contributed by atoms with Crippen LogP contribution < -0.4 is 0 Å². The molecule has 2 rings (SSSR count). The van der Waals surface area contributed by atoms with Crippen molar-refractivity contribution in [3.8, 4) is 0 Å². The predicted molar refractivity (Wildman–Crippen MR) is 59.1 cm³/mol. The Morgan fingerprint density at radius 3 is 2.64 bits per heavy atom. The molecular formula is C13H20O. The Bertz CT molecular complexity index is 290. The molecule has 1 spiro atoms. The maximum Gasteiger partial charge on any atom is 0.111 e. The van der Waals surface area contributed by atoms with Gasteiger partial charge in [0.1, 0.15) is 5.60 Å². The standard InChI is InChI=1S/C13H20O/c1-9-5-6-10(2)13(12(9)4)8-7-11(3)14-13/h6-9,11-12H,5H2,1-4H3/t9-,11-,12+,13+/m1/s1. The summed E-state index contributed by atoms with van der Waals surface area (Å²) in [4.78, 5) is 0. The summed E-state index contributed by atoms with van der Waals surface area (Å²) in [5.74, 6) is 1.31. The summed E-state index contributed by atoms with van der Waals surface area (Å²) >= 11 is 0. The summed E-state index contributed by atoms with van der Waals surface area (Å²) in [6.07, 6.45) is 8.26. The van der Waals surface area contributed by atoms with Gasteiger partial charge in [0.05, 0.1) is 6.10 Å². The van der Waals surface area contributed by atoms with Crippen LogP contribution in [0.2, 0.25) is 0 Å². The van der Waals surface area contributed by atoms with Gasteiger partial charge in [-0.05, 0) is 43.8 Å². The minimum Gasteiger partial charge on any atom is -0.359 e. The van der Waals surface area contributed by atoms with Gasteiger partial charge in [0.15, 0.2) is 0 Å². The zero-order chi connectivity index (χ0) is 10.3. The lowest BCUT2D eigenvalue weighted by atomic mass is 9.71. The molecule has 1 heteroatoms. The highest BCUT2D eigenvalue weighted by molar-refractivity contribution is 5.32. The highest BCUT2D eigenvalue weighted by Gasteiger charge is 2.44. The molecular weight excluding hydrogens is 172 g/mol. The van der Waals surface area contributed by atoms with Gasteiger partial charge in [0, 0.05) is 0 Å².